The second-order valence-electron chi connectivity index (χ2n) is 7.67. The number of urea groups is 1. The number of hydrogen-bond donors (Lipinski definition) is 2. The van der Waals surface area contributed by atoms with Crippen LogP contribution in [0.25, 0.3) is 11.5 Å². The smallest absolute Gasteiger partial charge is 0.319 e. The van der Waals surface area contributed by atoms with Gasteiger partial charge in [-0.15, -0.1) is 0 Å². The number of oxazole rings is 1. The fourth-order valence-corrected chi connectivity index (χ4v) is 3.67. The van der Waals surface area contributed by atoms with Crippen molar-refractivity contribution in [3.05, 3.63) is 60.2 Å². The number of piperidine rings is 1. The van der Waals surface area contributed by atoms with Crippen LogP contribution in [0.5, 0.6) is 5.75 Å². The van der Waals surface area contributed by atoms with E-state index in [-0.39, 0.29) is 17.8 Å². The van der Waals surface area contributed by atoms with E-state index in [0.717, 1.165) is 12.8 Å². The zero-order chi connectivity index (χ0) is 23.2. The molecule has 1 aliphatic rings. The summed E-state index contributed by atoms with van der Waals surface area (Å²) in [6, 6.07) is 10.7. The number of ether oxygens (including phenoxy) is 1. The molecule has 0 aliphatic carbocycles. The van der Waals surface area contributed by atoms with Gasteiger partial charge in [0.2, 0.25) is 11.8 Å². The second kappa shape index (κ2) is 10.2. The molecule has 0 bridgehead atoms. The Kier molecular flexibility index (Phi) is 6.87. The van der Waals surface area contributed by atoms with E-state index in [1.54, 1.807) is 42.3 Å². The van der Waals surface area contributed by atoms with Crippen molar-refractivity contribution in [3.8, 4) is 17.2 Å². The highest BCUT2D eigenvalue weighted by molar-refractivity contribution is 5.97. The Morgan fingerprint density at radius 2 is 2.03 bits per heavy atom. The number of aromatic nitrogens is 1. The zero-order valence-corrected chi connectivity index (χ0v) is 18.3. The van der Waals surface area contributed by atoms with Crippen molar-refractivity contribution in [3.63, 3.8) is 0 Å². The van der Waals surface area contributed by atoms with Crippen LogP contribution in [0.3, 0.4) is 0 Å². The van der Waals surface area contributed by atoms with E-state index < -0.39 is 0 Å². The summed E-state index contributed by atoms with van der Waals surface area (Å²) < 4.78 is 23.9. The molecule has 3 amide bonds. The molecule has 1 fully saturated rings. The maximum Gasteiger partial charge on any atom is 0.319 e. The summed E-state index contributed by atoms with van der Waals surface area (Å²) >= 11 is 0. The second-order valence-corrected chi connectivity index (χ2v) is 7.67. The van der Waals surface area contributed by atoms with Crippen LogP contribution in [-0.2, 0) is 11.2 Å². The molecule has 9 heteroatoms. The number of amides is 3. The lowest BCUT2D eigenvalue weighted by Crippen LogP contribution is -2.35. The van der Waals surface area contributed by atoms with Crippen LogP contribution < -0.4 is 20.3 Å². The van der Waals surface area contributed by atoms with Gasteiger partial charge in [0.25, 0.3) is 0 Å². The van der Waals surface area contributed by atoms with E-state index in [0.29, 0.717) is 60.2 Å². The minimum atomic E-state index is -0.377. The average molecular weight is 452 g/mol. The number of rotatable bonds is 7. The normalized spacial score (nSPS) is 13.6. The molecule has 1 saturated heterocycles. The fourth-order valence-electron chi connectivity index (χ4n) is 3.67. The molecule has 2 heterocycles. The highest BCUT2D eigenvalue weighted by atomic mass is 19.1. The minimum absolute atomic E-state index is 0.0498. The number of carbonyl (C=O) groups excluding carboxylic acids is 2. The van der Waals surface area contributed by atoms with Gasteiger partial charge < -0.3 is 24.7 Å². The van der Waals surface area contributed by atoms with E-state index in [4.69, 9.17) is 9.15 Å². The molecule has 0 saturated carbocycles. The number of carbonyl (C=O) groups is 2. The average Bonchev–Trinajstić information content (AvgIpc) is 3.29. The molecule has 2 aromatic carbocycles. The third-order valence-corrected chi connectivity index (χ3v) is 5.36. The van der Waals surface area contributed by atoms with Crippen LogP contribution in [0.2, 0.25) is 0 Å². The van der Waals surface area contributed by atoms with Gasteiger partial charge in [-0.3, -0.25) is 4.79 Å². The molecule has 1 aromatic heterocycles. The summed E-state index contributed by atoms with van der Waals surface area (Å²) in [6.45, 7) is 0.970. The predicted molar refractivity (Wildman–Crippen MR) is 122 cm³/mol. The van der Waals surface area contributed by atoms with Crippen LogP contribution in [0, 0.1) is 5.82 Å². The van der Waals surface area contributed by atoms with Crippen LogP contribution in [0.4, 0.5) is 20.6 Å². The van der Waals surface area contributed by atoms with Crippen molar-refractivity contribution >= 4 is 23.3 Å². The van der Waals surface area contributed by atoms with Gasteiger partial charge in [-0.1, -0.05) is 0 Å². The molecule has 0 radical (unpaired) electrons. The maximum atomic E-state index is 13.1. The van der Waals surface area contributed by atoms with Gasteiger partial charge in [-0.2, -0.15) is 0 Å². The van der Waals surface area contributed by atoms with E-state index >= 15 is 0 Å². The minimum Gasteiger partial charge on any atom is -0.495 e. The number of methoxy groups -OCH3 is 1. The molecular formula is C24H25FN4O4. The summed E-state index contributed by atoms with van der Waals surface area (Å²) in [6.07, 6.45) is 4.30. The predicted octanol–water partition coefficient (Wildman–Crippen LogP) is 4.37. The zero-order valence-electron chi connectivity index (χ0n) is 18.3. The Labute approximate surface area is 190 Å². The number of halogens is 1. The monoisotopic (exact) mass is 452 g/mol. The van der Waals surface area contributed by atoms with Crippen LogP contribution in [0.1, 0.15) is 25.0 Å². The lowest BCUT2D eigenvalue weighted by molar-refractivity contribution is -0.119. The Hall–Kier alpha value is -3.88. The number of anilines is 2. The van der Waals surface area contributed by atoms with Crippen molar-refractivity contribution in [2.24, 2.45) is 0 Å². The molecule has 8 nitrogen and oxygen atoms in total. The van der Waals surface area contributed by atoms with Crippen LogP contribution in [0.15, 0.2) is 53.1 Å². The Morgan fingerprint density at radius 1 is 1.21 bits per heavy atom. The first-order valence-electron chi connectivity index (χ1n) is 10.8. The first-order valence-corrected chi connectivity index (χ1v) is 10.8. The molecule has 172 valence electrons. The Bertz CT molecular complexity index is 1130. The standard InChI is InChI=1S/C24H25FN4O4/c1-32-21-10-9-18(14-20(21)29-13-3-2-4-22(29)30)28-24(31)26-12-11-19-15-33-23(27-19)16-5-7-17(25)8-6-16/h5-10,14-15H,2-4,11-13H2,1H3,(H2,26,28,31). The van der Waals surface area contributed by atoms with Crippen molar-refractivity contribution in [2.75, 3.05) is 30.4 Å². The molecule has 0 unspecified atom stereocenters. The van der Waals surface area contributed by atoms with Gasteiger partial charge in [-0.05, 0) is 55.3 Å². The Morgan fingerprint density at radius 3 is 2.79 bits per heavy atom. The summed E-state index contributed by atoms with van der Waals surface area (Å²) in [4.78, 5) is 30.7. The first kappa shape index (κ1) is 22.3. The molecule has 4 rings (SSSR count). The van der Waals surface area contributed by atoms with E-state index in [2.05, 4.69) is 15.6 Å². The van der Waals surface area contributed by atoms with Gasteiger partial charge >= 0.3 is 6.03 Å². The SMILES string of the molecule is COc1ccc(NC(=O)NCCc2coc(-c3ccc(F)cc3)n2)cc1N1CCCCC1=O. The molecule has 1 aliphatic heterocycles. The van der Waals surface area contributed by atoms with Crippen LogP contribution >= 0.6 is 0 Å². The van der Waals surface area contributed by atoms with E-state index in [9.17, 15) is 14.0 Å². The van der Waals surface area contributed by atoms with Crippen molar-refractivity contribution in [1.29, 1.82) is 0 Å². The van der Waals surface area contributed by atoms with E-state index in [1.807, 2.05) is 0 Å². The number of nitrogens with zero attached hydrogens (tertiary/aromatic N) is 2. The van der Waals surface area contributed by atoms with Crippen molar-refractivity contribution in [2.45, 2.75) is 25.7 Å². The van der Waals surface area contributed by atoms with Gasteiger partial charge in [0.1, 0.15) is 17.8 Å². The third-order valence-electron chi connectivity index (χ3n) is 5.36. The van der Waals surface area contributed by atoms with Gasteiger partial charge in [0, 0.05) is 37.2 Å². The summed E-state index contributed by atoms with van der Waals surface area (Å²) in [5, 5.41) is 5.57. The molecule has 3 aromatic rings. The van der Waals surface area contributed by atoms with Crippen molar-refractivity contribution in [1.82, 2.24) is 10.3 Å². The molecule has 0 atom stereocenters. The number of nitrogens with one attached hydrogen (secondary N) is 2. The molecule has 2 N–H and O–H groups in total. The summed E-state index contributed by atoms with van der Waals surface area (Å²) in [5.74, 6) is 0.702. The number of hydrogen-bond acceptors (Lipinski definition) is 5. The largest absolute Gasteiger partial charge is 0.495 e. The van der Waals surface area contributed by atoms with Crippen LogP contribution in [-0.4, -0.2) is 37.1 Å². The Balaban J connectivity index is 1.32. The molecule has 0 spiro atoms. The van der Waals surface area contributed by atoms with Gasteiger partial charge in [0.15, 0.2) is 0 Å². The maximum absolute atomic E-state index is 13.1. The first-order chi connectivity index (χ1) is 16.0. The fraction of sp³-hybridized carbons (Fsp3) is 0.292. The molecule has 33 heavy (non-hydrogen) atoms. The van der Waals surface area contributed by atoms with E-state index in [1.165, 1.54) is 18.4 Å². The highest BCUT2D eigenvalue weighted by Gasteiger charge is 2.23. The number of benzene rings is 2. The van der Waals surface area contributed by atoms with Gasteiger partial charge in [-0.25, -0.2) is 14.2 Å². The molecular weight excluding hydrogens is 427 g/mol. The van der Waals surface area contributed by atoms with Gasteiger partial charge in [0.05, 0.1) is 18.5 Å². The summed E-state index contributed by atoms with van der Waals surface area (Å²) in [7, 11) is 1.55. The lowest BCUT2D eigenvalue weighted by Gasteiger charge is -2.28. The quantitative estimate of drug-likeness (QED) is 0.555. The third kappa shape index (κ3) is 5.49. The summed E-state index contributed by atoms with van der Waals surface area (Å²) in [5.41, 5.74) is 2.55. The lowest BCUT2D eigenvalue weighted by atomic mass is 10.1. The topological polar surface area (TPSA) is 96.7 Å². The van der Waals surface area contributed by atoms with Crippen molar-refractivity contribution < 1.29 is 23.1 Å². The highest BCUT2D eigenvalue weighted by Crippen LogP contribution is 2.33.